The zero-order valence-corrected chi connectivity index (χ0v) is 12.8. The van der Waals surface area contributed by atoms with Gasteiger partial charge in [-0.3, -0.25) is 9.79 Å². The molecule has 0 aromatic rings. The first-order valence-corrected chi connectivity index (χ1v) is 7.71. The van der Waals surface area contributed by atoms with Crippen molar-refractivity contribution in [3.05, 3.63) is 0 Å². The normalized spacial score (nSPS) is 37.1. The van der Waals surface area contributed by atoms with Crippen LogP contribution in [-0.4, -0.2) is 77.9 Å². The smallest absolute Gasteiger partial charge is 0.319 e. The van der Waals surface area contributed by atoms with E-state index in [9.17, 15) is 15.0 Å². The van der Waals surface area contributed by atoms with Crippen LogP contribution in [0.3, 0.4) is 0 Å². The number of aliphatic hydroxyl groups is 2. The minimum atomic E-state index is -1.04. The lowest BCUT2D eigenvalue weighted by Gasteiger charge is -2.38. The summed E-state index contributed by atoms with van der Waals surface area (Å²) in [5, 5.41) is 26.9. The van der Waals surface area contributed by atoms with Crippen LogP contribution >= 0.6 is 11.8 Å². The molecule has 0 bridgehead atoms. The van der Waals surface area contributed by atoms with Crippen LogP contribution in [0, 0.1) is 0 Å². The number of ether oxygens (including phenoxy) is 2. The molecule has 0 radical (unpaired) electrons. The van der Waals surface area contributed by atoms with Gasteiger partial charge < -0.3 is 30.3 Å². The van der Waals surface area contributed by atoms with Gasteiger partial charge in [-0.2, -0.15) is 0 Å². The number of thioether (sulfide) groups is 1. The SMILES string of the molecule is CCN=C1N[C@@H]2[C@@H](O)[C@@H](O)[C@@H](CNCC(=O)OC)O[C@@H]2S1. The molecule has 0 amide bonds. The Morgan fingerprint density at radius 2 is 2.29 bits per heavy atom. The number of carbonyl (C=O) groups is 1. The Bertz CT molecular complexity index is 408. The number of aliphatic hydroxyl groups excluding tert-OH is 2. The monoisotopic (exact) mass is 319 g/mol. The van der Waals surface area contributed by atoms with Crippen molar-refractivity contribution in [1.29, 1.82) is 0 Å². The summed E-state index contributed by atoms with van der Waals surface area (Å²) in [7, 11) is 1.31. The number of hydrogen-bond donors (Lipinski definition) is 4. The van der Waals surface area contributed by atoms with Gasteiger partial charge in [-0.25, -0.2) is 0 Å². The van der Waals surface area contributed by atoms with Crippen LogP contribution in [0.1, 0.15) is 6.92 Å². The third kappa shape index (κ3) is 3.86. The van der Waals surface area contributed by atoms with E-state index in [-0.39, 0.29) is 24.6 Å². The number of methoxy groups -OCH3 is 1. The van der Waals surface area contributed by atoms with Gasteiger partial charge in [0.15, 0.2) is 5.17 Å². The predicted octanol–water partition coefficient (Wildman–Crippen LogP) is -1.72. The van der Waals surface area contributed by atoms with E-state index >= 15 is 0 Å². The number of amidine groups is 1. The Hall–Kier alpha value is -0.870. The van der Waals surface area contributed by atoms with E-state index in [4.69, 9.17) is 4.74 Å². The number of carbonyl (C=O) groups excluding carboxylic acids is 1. The van der Waals surface area contributed by atoms with Gasteiger partial charge in [0.05, 0.1) is 19.7 Å². The molecule has 0 saturated carbocycles. The van der Waals surface area contributed by atoms with Gasteiger partial charge in [0.1, 0.15) is 23.7 Å². The molecule has 2 fully saturated rings. The highest BCUT2D eigenvalue weighted by Crippen LogP contribution is 2.33. The maximum atomic E-state index is 11.0. The minimum absolute atomic E-state index is 0.0290. The van der Waals surface area contributed by atoms with Crippen molar-refractivity contribution < 1.29 is 24.5 Å². The van der Waals surface area contributed by atoms with E-state index in [1.165, 1.54) is 18.9 Å². The molecule has 9 heteroatoms. The van der Waals surface area contributed by atoms with Gasteiger partial charge in [-0.15, -0.1) is 0 Å². The summed E-state index contributed by atoms with van der Waals surface area (Å²) in [5.41, 5.74) is -0.307. The lowest BCUT2D eigenvalue weighted by Crippen LogP contribution is -2.60. The molecule has 5 atom stereocenters. The first kappa shape index (κ1) is 16.5. The molecule has 4 N–H and O–H groups in total. The summed E-state index contributed by atoms with van der Waals surface area (Å²) in [5.74, 6) is -0.395. The summed E-state index contributed by atoms with van der Waals surface area (Å²) < 4.78 is 10.3. The highest BCUT2D eigenvalue weighted by Gasteiger charge is 2.48. The molecule has 0 aromatic heterocycles. The average molecular weight is 319 g/mol. The number of nitrogens with zero attached hydrogens (tertiary/aromatic N) is 1. The average Bonchev–Trinajstić information content (AvgIpc) is 2.87. The largest absolute Gasteiger partial charge is 0.468 e. The summed E-state index contributed by atoms with van der Waals surface area (Å²) in [6.45, 7) is 2.83. The minimum Gasteiger partial charge on any atom is -0.468 e. The number of aliphatic imine (C=N–C) groups is 1. The van der Waals surface area contributed by atoms with Crippen LogP contribution in [-0.2, 0) is 14.3 Å². The first-order valence-electron chi connectivity index (χ1n) is 6.83. The Balaban J connectivity index is 1.91. The molecule has 2 aliphatic rings. The van der Waals surface area contributed by atoms with Crippen molar-refractivity contribution in [2.24, 2.45) is 4.99 Å². The second kappa shape index (κ2) is 7.41. The van der Waals surface area contributed by atoms with Crippen molar-refractivity contribution in [2.45, 2.75) is 36.7 Å². The lowest BCUT2D eigenvalue weighted by atomic mass is 9.98. The van der Waals surface area contributed by atoms with Gasteiger partial charge in [0.25, 0.3) is 0 Å². The van der Waals surface area contributed by atoms with Crippen LogP contribution in [0.2, 0.25) is 0 Å². The van der Waals surface area contributed by atoms with Gasteiger partial charge in [-0.05, 0) is 6.92 Å². The number of rotatable bonds is 5. The van der Waals surface area contributed by atoms with Crippen LogP contribution < -0.4 is 10.6 Å². The molecule has 0 aliphatic carbocycles. The third-order valence-electron chi connectivity index (χ3n) is 3.36. The quantitative estimate of drug-likeness (QED) is 0.443. The maximum absolute atomic E-state index is 11.0. The predicted molar refractivity (Wildman–Crippen MR) is 78.1 cm³/mol. The third-order valence-corrected chi connectivity index (χ3v) is 4.47. The second-order valence-corrected chi connectivity index (χ2v) is 5.89. The Morgan fingerprint density at radius 1 is 1.52 bits per heavy atom. The summed E-state index contributed by atoms with van der Waals surface area (Å²) in [6, 6.07) is -0.382. The Kier molecular flexibility index (Phi) is 5.82. The summed E-state index contributed by atoms with van der Waals surface area (Å²) >= 11 is 1.40. The molecule has 21 heavy (non-hydrogen) atoms. The van der Waals surface area contributed by atoms with Crippen molar-refractivity contribution in [3.8, 4) is 0 Å². The Labute approximate surface area is 127 Å². The lowest BCUT2D eigenvalue weighted by molar-refractivity contribution is -0.155. The zero-order valence-electron chi connectivity index (χ0n) is 12.0. The molecule has 2 saturated heterocycles. The van der Waals surface area contributed by atoms with E-state index in [0.717, 1.165) is 0 Å². The topological polar surface area (TPSA) is 112 Å². The van der Waals surface area contributed by atoms with E-state index in [1.54, 1.807) is 0 Å². The van der Waals surface area contributed by atoms with Gasteiger partial charge in [0.2, 0.25) is 0 Å². The zero-order chi connectivity index (χ0) is 15.4. The molecular formula is C12H21N3O5S. The highest BCUT2D eigenvalue weighted by molar-refractivity contribution is 8.14. The van der Waals surface area contributed by atoms with Gasteiger partial charge in [0, 0.05) is 13.1 Å². The molecule has 2 aliphatic heterocycles. The van der Waals surface area contributed by atoms with Crippen molar-refractivity contribution in [2.75, 3.05) is 26.7 Å². The second-order valence-electron chi connectivity index (χ2n) is 4.80. The molecular weight excluding hydrogens is 298 g/mol. The number of hydrogen-bond acceptors (Lipinski definition) is 8. The van der Waals surface area contributed by atoms with E-state index in [1.807, 2.05) is 6.92 Å². The molecule has 0 unspecified atom stereocenters. The van der Waals surface area contributed by atoms with Crippen LogP contribution in [0.15, 0.2) is 4.99 Å². The number of esters is 1. The fourth-order valence-corrected chi connectivity index (χ4v) is 3.46. The number of fused-ring (bicyclic) bond motifs is 1. The van der Waals surface area contributed by atoms with E-state index in [2.05, 4.69) is 20.4 Å². The standard InChI is InChI=1S/C12H21N3O5S/c1-3-14-12-15-8-10(18)9(17)6(20-11(8)21-12)4-13-5-7(16)19-2/h6,8-11,13,17-18H,3-5H2,1-2H3,(H,14,15)/t6-,8-,9+,10-,11-/m1/s1. The molecule has 0 spiro atoms. The van der Waals surface area contributed by atoms with Crippen molar-refractivity contribution in [1.82, 2.24) is 10.6 Å². The fourth-order valence-electron chi connectivity index (χ4n) is 2.26. The Morgan fingerprint density at radius 3 is 2.95 bits per heavy atom. The highest BCUT2D eigenvalue weighted by atomic mass is 32.2. The van der Waals surface area contributed by atoms with Crippen molar-refractivity contribution >= 4 is 22.9 Å². The maximum Gasteiger partial charge on any atom is 0.319 e. The first-order chi connectivity index (χ1) is 10.1. The van der Waals surface area contributed by atoms with E-state index in [0.29, 0.717) is 11.7 Å². The van der Waals surface area contributed by atoms with Crippen LogP contribution in [0.5, 0.6) is 0 Å². The molecule has 2 rings (SSSR count). The molecule has 2 heterocycles. The summed E-state index contributed by atoms with van der Waals surface area (Å²) in [4.78, 5) is 15.3. The van der Waals surface area contributed by atoms with Crippen LogP contribution in [0.25, 0.3) is 0 Å². The number of nitrogens with one attached hydrogen (secondary N) is 2. The summed E-state index contributed by atoms with van der Waals surface area (Å²) in [6.07, 6.45) is -2.59. The fraction of sp³-hybridized carbons (Fsp3) is 0.833. The van der Waals surface area contributed by atoms with Gasteiger partial charge >= 0.3 is 5.97 Å². The molecule has 120 valence electrons. The molecule has 8 nitrogen and oxygen atoms in total. The van der Waals surface area contributed by atoms with Crippen molar-refractivity contribution in [3.63, 3.8) is 0 Å². The van der Waals surface area contributed by atoms with E-state index < -0.39 is 24.3 Å². The molecule has 0 aromatic carbocycles. The van der Waals surface area contributed by atoms with Gasteiger partial charge in [-0.1, -0.05) is 11.8 Å². The van der Waals surface area contributed by atoms with Crippen LogP contribution in [0.4, 0.5) is 0 Å².